The van der Waals surface area contributed by atoms with Gasteiger partial charge < -0.3 is 4.90 Å². The topological polar surface area (TPSA) is 20.3 Å². The molecule has 2 nitrogen and oxygen atoms in total. The van der Waals surface area contributed by atoms with Crippen LogP contribution in [0.15, 0.2) is 0 Å². The molecule has 0 spiro atoms. The number of likely N-dealkylation sites (tertiary alicyclic amines) is 1. The molecule has 0 amide bonds. The number of carbonyl (C=O) groups is 1. The number of rotatable bonds is 0. The molecular weight excluding hydrogens is 126 g/mol. The lowest BCUT2D eigenvalue weighted by Gasteiger charge is -2.06. The van der Waals surface area contributed by atoms with Crippen molar-refractivity contribution in [1.82, 2.24) is 4.90 Å². The van der Waals surface area contributed by atoms with Crippen LogP contribution in [0.25, 0.3) is 0 Å². The van der Waals surface area contributed by atoms with Crippen LogP contribution in [0.4, 0.5) is 0 Å². The molecule has 0 unspecified atom stereocenters. The van der Waals surface area contributed by atoms with Crippen LogP contribution in [0.2, 0.25) is 0 Å². The van der Waals surface area contributed by atoms with Gasteiger partial charge in [-0.3, -0.25) is 4.79 Å². The minimum atomic E-state index is 0.489. The van der Waals surface area contributed by atoms with E-state index in [1.54, 1.807) is 0 Å². The summed E-state index contributed by atoms with van der Waals surface area (Å²) in [6, 6.07) is 0. The first-order chi connectivity index (χ1) is 4.75. The molecule has 56 valence electrons. The van der Waals surface area contributed by atoms with Crippen LogP contribution in [0.1, 0.15) is 12.8 Å². The fourth-order valence-electron chi connectivity index (χ4n) is 2.30. The summed E-state index contributed by atoms with van der Waals surface area (Å²) in [7, 11) is 2.14. The monoisotopic (exact) mass is 139 g/mol. The summed E-state index contributed by atoms with van der Waals surface area (Å²) >= 11 is 0. The van der Waals surface area contributed by atoms with Crippen LogP contribution < -0.4 is 0 Å². The third-order valence-corrected chi connectivity index (χ3v) is 2.74. The van der Waals surface area contributed by atoms with E-state index in [4.69, 9.17) is 0 Å². The summed E-state index contributed by atoms with van der Waals surface area (Å²) in [5, 5.41) is 0. The van der Waals surface area contributed by atoms with Crippen molar-refractivity contribution >= 4 is 5.78 Å². The highest BCUT2D eigenvalue weighted by molar-refractivity contribution is 5.81. The lowest BCUT2D eigenvalue weighted by atomic mass is 10.0. The third kappa shape index (κ3) is 0.870. The predicted molar refractivity (Wildman–Crippen MR) is 38.7 cm³/mol. The Hall–Kier alpha value is -0.370. The fourth-order valence-corrected chi connectivity index (χ4v) is 2.30. The number of hydrogen-bond donors (Lipinski definition) is 0. The van der Waals surface area contributed by atoms with Crippen LogP contribution >= 0.6 is 0 Å². The van der Waals surface area contributed by atoms with Crippen molar-refractivity contribution < 1.29 is 4.79 Å². The molecule has 1 aliphatic heterocycles. The Labute approximate surface area is 61.2 Å². The molecule has 0 aromatic heterocycles. The molecule has 2 aliphatic rings. The maximum Gasteiger partial charge on any atom is 0.133 e. The summed E-state index contributed by atoms with van der Waals surface area (Å²) < 4.78 is 0. The van der Waals surface area contributed by atoms with Gasteiger partial charge in [-0.2, -0.15) is 0 Å². The molecule has 2 rings (SSSR count). The summed E-state index contributed by atoms with van der Waals surface area (Å²) in [5.41, 5.74) is 0. The second-order valence-electron chi connectivity index (χ2n) is 3.69. The van der Waals surface area contributed by atoms with Gasteiger partial charge in [0.05, 0.1) is 0 Å². The Morgan fingerprint density at radius 2 is 1.80 bits per heavy atom. The molecule has 1 heterocycles. The molecule has 0 N–H and O–H groups in total. The molecule has 0 radical (unpaired) electrons. The van der Waals surface area contributed by atoms with Gasteiger partial charge >= 0.3 is 0 Å². The Balaban J connectivity index is 2.06. The number of hydrogen-bond acceptors (Lipinski definition) is 2. The van der Waals surface area contributed by atoms with Crippen LogP contribution in [-0.4, -0.2) is 30.8 Å². The Morgan fingerprint density at radius 3 is 2.30 bits per heavy atom. The van der Waals surface area contributed by atoms with Crippen LogP contribution in [-0.2, 0) is 4.79 Å². The third-order valence-electron chi connectivity index (χ3n) is 2.74. The van der Waals surface area contributed by atoms with E-state index in [1.807, 2.05) is 0 Å². The van der Waals surface area contributed by atoms with E-state index < -0.39 is 0 Å². The van der Waals surface area contributed by atoms with E-state index in [0.29, 0.717) is 17.6 Å². The number of nitrogens with zero attached hydrogens (tertiary/aromatic N) is 1. The second-order valence-corrected chi connectivity index (χ2v) is 3.69. The van der Waals surface area contributed by atoms with Crippen molar-refractivity contribution in [2.75, 3.05) is 20.1 Å². The molecule has 2 fully saturated rings. The van der Waals surface area contributed by atoms with Gasteiger partial charge in [-0.15, -0.1) is 0 Å². The molecule has 0 aromatic rings. The first-order valence-electron chi connectivity index (χ1n) is 3.96. The van der Waals surface area contributed by atoms with Crippen molar-refractivity contribution in [2.45, 2.75) is 12.8 Å². The molecule has 1 saturated carbocycles. The SMILES string of the molecule is CN1C[C@H]2CC(=O)C[C@H]2C1. The molecule has 0 aromatic carbocycles. The number of fused-ring (bicyclic) bond motifs is 1. The lowest BCUT2D eigenvalue weighted by Crippen LogP contribution is -2.16. The second kappa shape index (κ2) is 2.06. The van der Waals surface area contributed by atoms with Gasteiger partial charge in [-0.25, -0.2) is 0 Å². The van der Waals surface area contributed by atoms with Gasteiger partial charge in [0.25, 0.3) is 0 Å². The van der Waals surface area contributed by atoms with Crippen molar-refractivity contribution in [3.05, 3.63) is 0 Å². The molecule has 2 heteroatoms. The van der Waals surface area contributed by atoms with Crippen molar-refractivity contribution in [2.24, 2.45) is 11.8 Å². The van der Waals surface area contributed by atoms with Gasteiger partial charge in [-0.1, -0.05) is 0 Å². The van der Waals surface area contributed by atoms with E-state index in [0.717, 1.165) is 25.9 Å². The largest absolute Gasteiger partial charge is 0.306 e. The molecular formula is C8H13NO. The predicted octanol–water partition coefficient (Wildman–Crippen LogP) is 0.527. The Kier molecular flexibility index (Phi) is 1.31. The van der Waals surface area contributed by atoms with E-state index >= 15 is 0 Å². The normalized spacial score (nSPS) is 40.7. The van der Waals surface area contributed by atoms with E-state index in [2.05, 4.69) is 11.9 Å². The zero-order valence-corrected chi connectivity index (χ0v) is 6.34. The zero-order chi connectivity index (χ0) is 7.14. The summed E-state index contributed by atoms with van der Waals surface area (Å²) in [4.78, 5) is 13.3. The van der Waals surface area contributed by atoms with Gasteiger partial charge in [0.2, 0.25) is 0 Å². The van der Waals surface area contributed by atoms with E-state index in [-0.39, 0.29) is 0 Å². The highest BCUT2D eigenvalue weighted by Crippen LogP contribution is 2.34. The molecule has 1 saturated heterocycles. The number of carbonyl (C=O) groups excluding carboxylic acids is 1. The molecule has 2 atom stereocenters. The van der Waals surface area contributed by atoms with E-state index in [1.165, 1.54) is 0 Å². The highest BCUT2D eigenvalue weighted by atomic mass is 16.1. The summed E-state index contributed by atoms with van der Waals surface area (Å²) in [6.07, 6.45) is 1.71. The van der Waals surface area contributed by atoms with Crippen molar-refractivity contribution in [3.63, 3.8) is 0 Å². The van der Waals surface area contributed by atoms with Crippen LogP contribution in [0, 0.1) is 11.8 Å². The maximum absolute atomic E-state index is 10.9. The average molecular weight is 139 g/mol. The van der Waals surface area contributed by atoms with Crippen molar-refractivity contribution in [3.8, 4) is 0 Å². The summed E-state index contributed by atoms with van der Waals surface area (Å²) in [6.45, 7) is 2.30. The maximum atomic E-state index is 10.9. The quantitative estimate of drug-likeness (QED) is 0.488. The first-order valence-corrected chi connectivity index (χ1v) is 3.96. The van der Waals surface area contributed by atoms with E-state index in [9.17, 15) is 4.79 Å². The zero-order valence-electron chi connectivity index (χ0n) is 6.34. The van der Waals surface area contributed by atoms with Crippen molar-refractivity contribution in [1.29, 1.82) is 0 Å². The molecule has 1 aliphatic carbocycles. The smallest absolute Gasteiger partial charge is 0.133 e. The van der Waals surface area contributed by atoms with Gasteiger partial charge in [0.1, 0.15) is 5.78 Å². The van der Waals surface area contributed by atoms with Gasteiger partial charge in [-0.05, 0) is 18.9 Å². The first kappa shape index (κ1) is 6.35. The van der Waals surface area contributed by atoms with Crippen LogP contribution in [0.5, 0.6) is 0 Å². The Morgan fingerprint density at radius 1 is 1.30 bits per heavy atom. The number of ketones is 1. The van der Waals surface area contributed by atoms with Gasteiger partial charge in [0, 0.05) is 25.9 Å². The summed E-state index contributed by atoms with van der Waals surface area (Å²) in [5.74, 6) is 1.90. The highest BCUT2D eigenvalue weighted by Gasteiger charge is 2.38. The molecule has 10 heavy (non-hydrogen) atoms. The fraction of sp³-hybridized carbons (Fsp3) is 0.875. The minimum Gasteiger partial charge on any atom is -0.306 e. The standard InChI is InChI=1S/C8H13NO/c1-9-4-6-2-8(10)3-7(6)5-9/h6-7H,2-5H2,1H3/t6-,7+. The minimum absolute atomic E-state index is 0.489. The molecule has 0 bridgehead atoms. The van der Waals surface area contributed by atoms with Crippen LogP contribution in [0.3, 0.4) is 0 Å². The average Bonchev–Trinajstić information content (AvgIpc) is 2.21. The van der Waals surface area contributed by atoms with Gasteiger partial charge in [0.15, 0.2) is 0 Å². The lowest BCUT2D eigenvalue weighted by molar-refractivity contribution is -0.117. The number of Topliss-reactive ketones (excluding diaryl/α,β-unsaturated/α-hetero) is 1. The Bertz CT molecular complexity index is 151.